The summed E-state index contributed by atoms with van der Waals surface area (Å²) >= 11 is 0. The molecule has 0 bridgehead atoms. The van der Waals surface area contributed by atoms with Gasteiger partial charge < -0.3 is 9.13 Å². The smallest absolute Gasteiger partial charge is 0.171 e. The van der Waals surface area contributed by atoms with Gasteiger partial charge in [0.15, 0.2) is 7.14 Å². The van der Waals surface area contributed by atoms with Crippen molar-refractivity contribution in [1.82, 2.24) is 4.57 Å². The number of nitrogens with zero attached hydrogens (tertiary/aromatic N) is 1. The summed E-state index contributed by atoms with van der Waals surface area (Å²) in [5.74, 6) is 0. The summed E-state index contributed by atoms with van der Waals surface area (Å²) < 4.78 is 18.1. The summed E-state index contributed by atoms with van der Waals surface area (Å²) in [5.41, 5.74) is 17.5. The van der Waals surface area contributed by atoms with Crippen LogP contribution in [0.3, 0.4) is 0 Å². The number of aromatic nitrogens is 1. The first-order valence-electron chi connectivity index (χ1n) is 23.3. The van der Waals surface area contributed by atoms with E-state index in [-0.39, 0.29) is 0 Å². The Labute approximate surface area is 391 Å². The van der Waals surface area contributed by atoms with Gasteiger partial charge in [0.2, 0.25) is 0 Å². The van der Waals surface area contributed by atoms with Crippen LogP contribution in [-0.4, -0.2) is 4.57 Å². The second-order valence-electron chi connectivity index (χ2n) is 18.4. The van der Waals surface area contributed by atoms with Gasteiger partial charge in [-0.15, -0.1) is 0 Å². The summed E-state index contributed by atoms with van der Waals surface area (Å²) in [6, 6.07) is 87.8. The van der Waals surface area contributed by atoms with Crippen molar-refractivity contribution in [3.8, 4) is 16.8 Å². The molecule has 0 saturated heterocycles. The van der Waals surface area contributed by atoms with E-state index in [1.165, 1.54) is 83.0 Å². The standard InChI is InChI=1S/C64H46NOP/c1-43-39-55-61-57(41-43)64(46-21-9-4-10-22-46,48-33-37-52(38-34-48)67(66,50-23-11-5-12-24-50)51-25-13-6-14-26-51)58-42-44(2)40-56(62(58)61)63(55,45-19-7-3-8-20-45)47-31-35-49(36-32-47)65-59-29-17-15-27-53(59)54-28-16-18-30-60(54)65/h3-42H,1-2H3. The molecule has 2 aliphatic rings. The molecule has 0 spiro atoms. The molecule has 10 aromatic carbocycles. The molecule has 0 atom stereocenters. The molecule has 3 heteroatoms. The maximum Gasteiger partial charge on any atom is 0.171 e. The van der Waals surface area contributed by atoms with Crippen LogP contribution in [0.5, 0.6) is 0 Å². The Morgan fingerprint density at radius 3 is 1.06 bits per heavy atom. The number of hydrogen-bond donors (Lipinski definition) is 0. The van der Waals surface area contributed by atoms with Crippen molar-refractivity contribution < 1.29 is 4.57 Å². The highest BCUT2D eigenvalue weighted by atomic mass is 31.2. The number of para-hydroxylation sites is 2. The molecule has 1 heterocycles. The van der Waals surface area contributed by atoms with E-state index in [9.17, 15) is 0 Å². The minimum atomic E-state index is -3.20. The minimum Gasteiger partial charge on any atom is -0.309 e. The van der Waals surface area contributed by atoms with Crippen molar-refractivity contribution in [2.75, 3.05) is 0 Å². The molecule has 0 saturated carbocycles. The van der Waals surface area contributed by atoms with Crippen molar-refractivity contribution in [1.29, 1.82) is 0 Å². The molecule has 0 unspecified atom stereocenters. The van der Waals surface area contributed by atoms with Crippen LogP contribution in [0.1, 0.15) is 55.6 Å². The van der Waals surface area contributed by atoms with Crippen LogP contribution in [-0.2, 0) is 15.4 Å². The highest BCUT2D eigenvalue weighted by Gasteiger charge is 2.56. The maximum absolute atomic E-state index is 15.7. The Balaban J connectivity index is 1.06. The molecule has 0 aliphatic heterocycles. The fourth-order valence-corrected chi connectivity index (χ4v) is 14.9. The second kappa shape index (κ2) is 14.9. The Hall–Kier alpha value is -7.77. The number of fused-ring (bicyclic) bond motifs is 3. The molecule has 0 radical (unpaired) electrons. The van der Waals surface area contributed by atoms with E-state index in [4.69, 9.17) is 0 Å². The third kappa shape index (κ3) is 5.42. The van der Waals surface area contributed by atoms with Gasteiger partial charge >= 0.3 is 0 Å². The van der Waals surface area contributed by atoms with Gasteiger partial charge in [0.25, 0.3) is 0 Å². The average molecular weight is 876 g/mol. The third-order valence-corrected chi connectivity index (χ3v) is 18.0. The van der Waals surface area contributed by atoms with Crippen LogP contribution in [0.25, 0.3) is 38.6 Å². The third-order valence-electron chi connectivity index (χ3n) is 14.9. The maximum atomic E-state index is 15.7. The van der Waals surface area contributed by atoms with E-state index in [0.29, 0.717) is 0 Å². The number of hydrogen-bond acceptors (Lipinski definition) is 1. The summed E-state index contributed by atoms with van der Waals surface area (Å²) in [6.07, 6.45) is 0. The van der Waals surface area contributed by atoms with Crippen LogP contribution >= 0.6 is 7.14 Å². The van der Waals surface area contributed by atoms with Crippen LogP contribution in [0.15, 0.2) is 243 Å². The predicted octanol–water partition coefficient (Wildman–Crippen LogP) is 14.1. The zero-order chi connectivity index (χ0) is 44.9. The summed E-state index contributed by atoms with van der Waals surface area (Å²) in [5, 5.41) is 5.00. The zero-order valence-corrected chi connectivity index (χ0v) is 38.3. The molecule has 0 fully saturated rings. The number of benzene rings is 10. The van der Waals surface area contributed by atoms with Gasteiger partial charge in [0.05, 0.1) is 21.9 Å². The van der Waals surface area contributed by atoms with Gasteiger partial charge in [-0.1, -0.05) is 230 Å². The monoisotopic (exact) mass is 875 g/mol. The lowest BCUT2D eigenvalue weighted by Gasteiger charge is -2.39. The van der Waals surface area contributed by atoms with Crippen LogP contribution in [0, 0.1) is 13.8 Å². The quantitative estimate of drug-likeness (QED) is 0.139. The van der Waals surface area contributed by atoms with Crippen molar-refractivity contribution in [2.24, 2.45) is 0 Å². The normalized spacial score (nSPS) is 14.1. The fraction of sp³-hybridized carbons (Fsp3) is 0.0625. The first kappa shape index (κ1) is 39.6. The lowest BCUT2D eigenvalue weighted by atomic mass is 9.62. The van der Waals surface area contributed by atoms with Gasteiger partial charge in [-0.3, -0.25) is 0 Å². The molecule has 2 aliphatic carbocycles. The van der Waals surface area contributed by atoms with Gasteiger partial charge in [-0.2, -0.15) is 0 Å². The summed E-state index contributed by atoms with van der Waals surface area (Å²) in [4.78, 5) is 0. The highest BCUT2D eigenvalue weighted by Crippen LogP contribution is 2.67. The Bertz CT molecular complexity index is 3600. The molecular weight excluding hydrogens is 830 g/mol. The molecular formula is C64H46NOP. The predicted molar refractivity (Wildman–Crippen MR) is 279 cm³/mol. The first-order valence-corrected chi connectivity index (χ1v) is 25.0. The van der Waals surface area contributed by atoms with E-state index < -0.39 is 18.0 Å². The highest BCUT2D eigenvalue weighted by molar-refractivity contribution is 7.85. The molecule has 2 nitrogen and oxygen atoms in total. The summed E-state index contributed by atoms with van der Waals surface area (Å²) in [7, 11) is -3.20. The number of rotatable bonds is 8. The summed E-state index contributed by atoms with van der Waals surface area (Å²) in [6.45, 7) is 4.53. The molecule has 67 heavy (non-hydrogen) atoms. The Kier molecular flexibility index (Phi) is 8.79. The SMILES string of the molecule is Cc1cc2c3c(c1)C(c1ccccc1)(c1ccc(P(=O)(c4ccccc4)c4ccccc4)cc1)c1cc(C)cc(c1-3)C2(c1ccccc1)c1ccc(-n2c3ccccc3c3ccccc32)cc1. The van der Waals surface area contributed by atoms with Gasteiger partial charge in [-0.05, 0) is 93.7 Å². The van der Waals surface area contributed by atoms with Crippen LogP contribution < -0.4 is 15.9 Å². The van der Waals surface area contributed by atoms with E-state index >= 15 is 4.57 Å². The van der Waals surface area contributed by atoms with Crippen molar-refractivity contribution >= 4 is 44.9 Å². The lowest BCUT2D eigenvalue weighted by Crippen LogP contribution is -2.34. The van der Waals surface area contributed by atoms with Gasteiger partial charge in [0.1, 0.15) is 0 Å². The van der Waals surface area contributed by atoms with Crippen molar-refractivity contribution in [2.45, 2.75) is 24.7 Å². The largest absolute Gasteiger partial charge is 0.309 e. The molecule has 13 rings (SSSR count). The van der Waals surface area contributed by atoms with Gasteiger partial charge in [0, 0.05) is 32.4 Å². The Morgan fingerprint density at radius 1 is 0.343 bits per heavy atom. The van der Waals surface area contributed by atoms with Crippen molar-refractivity contribution in [3.05, 3.63) is 298 Å². The van der Waals surface area contributed by atoms with Gasteiger partial charge in [-0.25, -0.2) is 0 Å². The van der Waals surface area contributed by atoms with E-state index in [1.54, 1.807) is 0 Å². The molecule has 1 aromatic heterocycles. The molecule has 0 amide bonds. The molecule has 11 aromatic rings. The zero-order valence-electron chi connectivity index (χ0n) is 37.4. The van der Waals surface area contributed by atoms with E-state index in [1.807, 2.05) is 60.7 Å². The topological polar surface area (TPSA) is 22.0 Å². The number of aryl methyl sites for hydroxylation is 2. The first-order chi connectivity index (χ1) is 32.9. The average Bonchev–Trinajstić information content (AvgIpc) is 3.99. The van der Waals surface area contributed by atoms with Crippen LogP contribution in [0.4, 0.5) is 0 Å². The molecule has 318 valence electrons. The molecule has 0 N–H and O–H groups in total. The van der Waals surface area contributed by atoms with E-state index in [0.717, 1.165) is 27.2 Å². The fourth-order valence-electron chi connectivity index (χ4n) is 12.2. The minimum absolute atomic E-state index is 0.586. The van der Waals surface area contributed by atoms with E-state index in [2.05, 4.69) is 200 Å². The Morgan fingerprint density at radius 2 is 0.657 bits per heavy atom. The van der Waals surface area contributed by atoms with Crippen LogP contribution in [0.2, 0.25) is 0 Å². The second-order valence-corrected chi connectivity index (χ2v) is 21.2. The lowest BCUT2D eigenvalue weighted by molar-refractivity contribution is 0.592. The van der Waals surface area contributed by atoms with Crippen molar-refractivity contribution in [3.63, 3.8) is 0 Å².